The number of nitrogens with one attached hydrogen (secondary N) is 1. The number of aryl methyl sites for hydroxylation is 1. The molecule has 0 aliphatic heterocycles. The minimum atomic E-state index is -3.76. The van der Waals surface area contributed by atoms with Crippen LogP contribution < -0.4 is 10.1 Å². The van der Waals surface area contributed by atoms with Crippen molar-refractivity contribution in [3.63, 3.8) is 0 Å². The molecule has 0 atom stereocenters. The maximum Gasteiger partial charge on any atom is 0.268 e. The number of fused-ring (bicyclic) bond motifs is 3. The highest BCUT2D eigenvalue weighted by molar-refractivity contribution is 7.90. The minimum absolute atomic E-state index is 0. The van der Waals surface area contributed by atoms with Crippen molar-refractivity contribution in [3.05, 3.63) is 71.4 Å². The van der Waals surface area contributed by atoms with Crippen LogP contribution in [0.15, 0.2) is 59.6 Å². The second-order valence-electron chi connectivity index (χ2n) is 7.00. The van der Waals surface area contributed by atoms with Gasteiger partial charge < -0.3 is 10.1 Å². The van der Waals surface area contributed by atoms with Gasteiger partial charge in [0.25, 0.3) is 10.0 Å². The van der Waals surface area contributed by atoms with Crippen LogP contribution in [0.3, 0.4) is 0 Å². The van der Waals surface area contributed by atoms with Gasteiger partial charge in [-0.3, -0.25) is 0 Å². The molecular formula is C22H25ClN2O3S. The molecule has 1 aliphatic rings. The Hall–Kier alpha value is -2.28. The highest BCUT2D eigenvalue weighted by Crippen LogP contribution is 2.37. The van der Waals surface area contributed by atoms with Crippen LogP contribution in [0.5, 0.6) is 5.75 Å². The van der Waals surface area contributed by atoms with Crippen LogP contribution in [-0.2, 0) is 29.4 Å². The number of benzene rings is 2. The van der Waals surface area contributed by atoms with Gasteiger partial charge in [0, 0.05) is 24.4 Å². The molecule has 0 saturated carbocycles. The molecule has 1 N–H and O–H groups in total. The third-order valence-corrected chi connectivity index (χ3v) is 6.93. The van der Waals surface area contributed by atoms with Crippen molar-refractivity contribution in [3.8, 4) is 17.0 Å². The van der Waals surface area contributed by atoms with Crippen LogP contribution in [0.1, 0.15) is 23.1 Å². The Morgan fingerprint density at radius 2 is 1.90 bits per heavy atom. The average molecular weight is 433 g/mol. The Balaban J connectivity index is 0.00000240. The van der Waals surface area contributed by atoms with Gasteiger partial charge in [-0.25, -0.2) is 12.4 Å². The van der Waals surface area contributed by atoms with E-state index in [1.165, 1.54) is 16.6 Å². The number of nitrogens with zero attached hydrogens (tertiary/aromatic N) is 1. The first-order chi connectivity index (χ1) is 13.6. The lowest BCUT2D eigenvalue weighted by Crippen LogP contribution is -2.14. The molecule has 5 nitrogen and oxygen atoms in total. The first-order valence-corrected chi connectivity index (χ1v) is 10.9. The molecule has 0 saturated heterocycles. The third kappa shape index (κ3) is 3.80. The van der Waals surface area contributed by atoms with Crippen molar-refractivity contribution < 1.29 is 13.2 Å². The van der Waals surface area contributed by atoms with E-state index in [9.17, 15) is 8.42 Å². The molecule has 4 rings (SSSR count). The van der Waals surface area contributed by atoms with Crippen molar-refractivity contribution in [2.24, 2.45) is 0 Å². The summed E-state index contributed by atoms with van der Waals surface area (Å²) in [6.45, 7) is 0.630. The highest BCUT2D eigenvalue weighted by atomic mass is 35.5. The van der Waals surface area contributed by atoms with E-state index in [4.69, 9.17) is 4.74 Å². The Kier molecular flexibility index (Phi) is 6.36. The molecule has 0 amide bonds. The van der Waals surface area contributed by atoms with Gasteiger partial charge in [-0.1, -0.05) is 30.3 Å². The average Bonchev–Trinajstić information content (AvgIpc) is 2.96. The van der Waals surface area contributed by atoms with Crippen molar-refractivity contribution in [1.29, 1.82) is 0 Å². The van der Waals surface area contributed by atoms with Gasteiger partial charge in [-0.2, -0.15) is 0 Å². The number of rotatable bonds is 5. The van der Waals surface area contributed by atoms with Crippen molar-refractivity contribution in [1.82, 2.24) is 9.29 Å². The van der Waals surface area contributed by atoms with E-state index in [-0.39, 0.29) is 17.3 Å². The Morgan fingerprint density at radius 1 is 1.10 bits per heavy atom. The number of ether oxygens (including phenoxy) is 1. The molecule has 0 bridgehead atoms. The van der Waals surface area contributed by atoms with Crippen LogP contribution in [0, 0.1) is 0 Å². The molecule has 1 aromatic heterocycles. The van der Waals surface area contributed by atoms with Crippen LogP contribution in [0.25, 0.3) is 11.3 Å². The van der Waals surface area contributed by atoms with E-state index >= 15 is 0 Å². The Bertz CT molecular complexity index is 1120. The van der Waals surface area contributed by atoms with Gasteiger partial charge in [0.1, 0.15) is 5.75 Å². The molecule has 3 aromatic rings. The molecule has 0 spiro atoms. The summed E-state index contributed by atoms with van der Waals surface area (Å²) in [4.78, 5) is 0.224. The van der Waals surface area contributed by atoms with E-state index in [0.717, 1.165) is 41.6 Å². The molecule has 0 radical (unpaired) electrons. The normalized spacial score (nSPS) is 13.0. The van der Waals surface area contributed by atoms with E-state index < -0.39 is 10.0 Å². The summed E-state index contributed by atoms with van der Waals surface area (Å²) in [5, 5.41) is 3.17. The maximum atomic E-state index is 13.6. The van der Waals surface area contributed by atoms with Crippen molar-refractivity contribution in [2.75, 3.05) is 14.2 Å². The smallest absolute Gasteiger partial charge is 0.268 e. The molecule has 0 unspecified atom stereocenters. The fourth-order valence-electron chi connectivity index (χ4n) is 3.96. The van der Waals surface area contributed by atoms with E-state index in [0.29, 0.717) is 12.3 Å². The molecule has 7 heteroatoms. The zero-order chi connectivity index (χ0) is 19.7. The molecule has 29 heavy (non-hydrogen) atoms. The molecule has 154 valence electrons. The predicted molar refractivity (Wildman–Crippen MR) is 117 cm³/mol. The first kappa shape index (κ1) is 21.4. The monoisotopic (exact) mass is 432 g/mol. The SMILES string of the molecule is CNCc1cn(S(=O)(=O)c2cccc(OC)c2)c2c1CCCc1ccccc1-2.Cl. The lowest BCUT2D eigenvalue weighted by atomic mass is 10.0. The van der Waals surface area contributed by atoms with Crippen molar-refractivity contribution >= 4 is 22.4 Å². The summed E-state index contributed by atoms with van der Waals surface area (Å²) in [5.41, 5.74) is 5.13. The fourth-order valence-corrected chi connectivity index (χ4v) is 5.42. The largest absolute Gasteiger partial charge is 0.497 e. The van der Waals surface area contributed by atoms with E-state index in [1.54, 1.807) is 30.5 Å². The number of aromatic nitrogens is 1. The standard InChI is InChI=1S/C22H24N2O3S.ClH/c1-23-14-17-15-24(28(25,26)19-10-6-9-18(13-19)27-2)22-20-11-4-3-7-16(20)8-5-12-21(17)22;/h3-4,6-7,9-11,13,15,23H,5,8,12,14H2,1-2H3;1H. The molecule has 0 fully saturated rings. The summed E-state index contributed by atoms with van der Waals surface area (Å²) in [7, 11) is -0.344. The summed E-state index contributed by atoms with van der Waals surface area (Å²) in [5.74, 6) is 0.523. The zero-order valence-corrected chi connectivity index (χ0v) is 18.1. The second-order valence-corrected chi connectivity index (χ2v) is 8.82. The molecule has 1 aliphatic carbocycles. The number of hydrogen-bond donors (Lipinski definition) is 1. The van der Waals surface area contributed by atoms with E-state index in [2.05, 4.69) is 11.4 Å². The van der Waals surface area contributed by atoms with Gasteiger partial charge in [-0.15, -0.1) is 12.4 Å². The summed E-state index contributed by atoms with van der Waals surface area (Å²) >= 11 is 0. The Labute approximate surface area is 178 Å². The number of hydrogen-bond acceptors (Lipinski definition) is 4. The lowest BCUT2D eigenvalue weighted by Gasteiger charge is -2.14. The van der Waals surface area contributed by atoms with Gasteiger partial charge in [-0.05, 0) is 55.1 Å². The maximum absolute atomic E-state index is 13.6. The van der Waals surface area contributed by atoms with Crippen molar-refractivity contribution in [2.45, 2.75) is 30.7 Å². The van der Waals surface area contributed by atoms with Crippen LogP contribution >= 0.6 is 12.4 Å². The Morgan fingerprint density at radius 3 is 2.66 bits per heavy atom. The summed E-state index contributed by atoms with van der Waals surface area (Å²) in [6.07, 6.45) is 4.59. The van der Waals surface area contributed by atoms with Gasteiger partial charge >= 0.3 is 0 Å². The van der Waals surface area contributed by atoms with Crippen LogP contribution in [0.2, 0.25) is 0 Å². The molecule has 2 aromatic carbocycles. The summed E-state index contributed by atoms with van der Waals surface area (Å²) < 4.78 is 33.9. The quantitative estimate of drug-likeness (QED) is 0.661. The summed E-state index contributed by atoms with van der Waals surface area (Å²) in [6, 6.07) is 14.8. The number of halogens is 1. The van der Waals surface area contributed by atoms with Crippen LogP contribution in [0.4, 0.5) is 0 Å². The third-order valence-electron chi connectivity index (χ3n) is 5.28. The second kappa shape index (κ2) is 8.61. The predicted octanol–water partition coefficient (Wildman–Crippen LogP) is 4.03. The van der Waals surface area contributed by atoms with Gasteiger partial charge in [0.05, 0.1) is 17.7 Å². The van der Waals surface area contributed by atoms with Crippen LogP contribution in [-0.4, -0.2) is 26.5 Å². The zero-order valence-electron chi connectivity index (χ0n) is 16.5. The van der Waals surface area contributed by atoms with Gasteiger partial charge in [0.15, 0.2) is 0 Å². The van der Waals surface area contributed by atoms with Gasteiger partial charge in [0.2, 0.25) is 0 Å². The fraction of sp³-hybridized carbons (Fsp3) is 0.273. The first-order valence-electron chi connectivity index (χ1n) is 9.42. The lowest BCUT2D eigenvalue weighted by molar-refractivity contribution is 0.413. The minimum Gasteiger partial charge on any atom is -0.497 e. The topological polar surface area (TPSA) is 60.3 Å². The molecular weight excluding hydrogens is 408 g/mol. The van der Waals surface area contributed by atoms with E-state index in [1.807, 2.05) is 25.2 Å². The molecule has 1 heterocycles. The highest BCUT2D eigenvalue weighted by Gasteiger charge is 2.28. The number of methoxy groups -OCH3 is 1.